The van der Waals surface area contributed by atoms with Gasteiger partial charge in [-0.1, -0.05) is 121 Å². The number of carbonyl (C=O) groups is 5. The van der Waals surface area contributed by atoms with Crippen LogP contribution < -0.4 is 101 Å². The van der Waals surface area contributed by atoms with Crippen molar-refractivity contribution < 1.29 is 344 Å². The third-order valence-corrected chi connectivity index (χ3v) is 23.9. The molecule has 4 aromatic carbocycles. The van der Waals surface area contributed by atoms with Gasteiger partial charge in [-0.25, -0.2) is 57.9 Å². The van der Waals surface area contributed by atoms with Gasteiger partial charge in [-0.2, -0.15) is 0 Å². The summed E-state index contributed by atoms with van der Waals surface area (Å²) in [6, 6.07) is 42.6. The Bertz CT molecular complexity index is 6660. The number of fused-ring (bicyclic) bond motifs is 1. The van der Waals surface area contributed by atoms with Crippen LogP contribution in [0, 0.1) is 74.4 Å². The molecule has 15 rings (SSSR count). The molecule has 2 amide bonds. The van der Waals surface area contributed by atoms with Crippen molar-refractivity contribution in [2.24, 2.45) is 11.5 Å². The van der Waals surface area contributed by atoms with Crippen molar-refractivity contribution in [3.8, 4) is 40.6 Å². The monoisotopic (exact) mass is 2460 g/mol. The van der Waals surface area contributed by atoms with Crippen LogP contribution >= 0.6 is 89.9 Å². The molecule has 0 bridgehead atoms. The number of carbonyl (C=O) groups excluding carboxylic acids is 5. The number of rotatable bonds is 14. The van der Waals surface area contributed by atoms with E-state index < -0.39 is 64.3 Å². The number of nitrogens with two attached hydrogens (primary N) is 2. The number of amides is 2. The molecule has 3 saturated heterocycles. The van der Waals surface area contributed by atoms with E-state index in [0.717, 1.165) is 23.6 Å². The molecule has 0 unspecified atom stereocenters. The van der Waals surface area contributed by atoms with Crippen LogP contribution in [0.4, 0.5) is 37.2 Å². The summed E-state index contributed by atoms with van der Waals surface area (Å²) < 4.78 is 710. The van der Waals surface area contributed by atoms with Gasteiger partial charge in [0.15, 0.2) is 12.6 Å². The van der Waals surface area contributed by atoms with Crippen LogP contribution in [-0.2, 0) is 39.2 Å². The Balaban J connectivity index is -0.0000000276. The first-order valence-corrected chi connectivity index (χ1v) is 45.3. The number of aldehydes is 3. The zero-order chi connectivity index (χ0) is 232. The summed E-state index contributed by atoms with van der Waals surface area (Å²) >= 11 is 34.1. The molecule has 0 atom stereocenters. The molecular weight excluding hydrogens is 2110 g/mol. The molecule has 865 valence electrons. The first-order chi connectivity index (χ1) is 129. The topological polar surface area (TPSA) is 405 Å². The fourth-order valence-corrected chi connectivity index (χ4v) is 13.3. The molecule has 4 aliphatic heterocycles. The predicted molar refractivity (Wildman–Crippen MR) is 684 cm³/mol. The molecule has 0 spiro atoms. The number of hydrogen-bond donors (Lipinski definition) is 4. The van der Waals surface area contributed by atoms with Gasteiger partial charge < -0.3 is 74.9 Å². The zero-order valence-corrected chi connectivity index (χ0v) is 92.9. The van der Waals surface area contributed by atoms with E-state index in [1.807, 2.05) is 89.2 Å². The van der Waals surface area contributed by atoms with Crippen LogP contribution in [0.1, 0.15) is 365 Å². The molecule has 48 heteroatoms. The SMILES string of the molecule is CC1(C)OB(B2OC(C)(C)C(C)(C)O2)OC1(C)C.Cc1nc(Cl)ccc1C(N)=O.NC(=O)c1ccc(Cl)nc1Cl.O=Cc1cc(O)ccc1Br.[2HH].[2H][2H].[2H][2H].[2H][2H].[2H][2H].[2H][2H].[2H][2H].[2H][2H].[2H][2H].[2H][2H].[2H][2H].[2H][2H].[2H][2H].[2H][2H].[2H][2H].[2H][2H].[2H][2H].[2H][2H].[2H][2H].[2H][2H].[2H][2H].[2H][2H].[2H][2H].[2H][2H].[2H][2H].[2H][2H].[2H][2H].[2H][2H].[2H][2H].[2H][2H].[2H][2H].[2H][2H].[2H][2H].[2H][2H].[2H][2H].[2H][2H].[2H][2H].[2H][2H].[2H][2H].[2H][2H].[2H][2H].[2H][2H].[2H][2H].[2H][2H].[2H][2H].[2H][2H].[2H][2H].[2H][2H].[2H][2H].[2H][2H].[2H][2H].[2H][2H].[2H][2H].[2H][2H].[2H][2H].[2H][2H].[2H][2H].[2H][2H].[2H][2H].[2H][2H].[2H][2H].[2H][2H].[2H][2H].[2H][2H].[B].[C-]#[N+]c1ccc(Cl)nc1C.[C-]#[N+]c1ccc(Cl)nc1C.[C-]#[N+]c1ccc(Oc2ccc(B3OC(C)(C)C(C)(C)O3)c(C=O)c2)nc1C.[C-]#[N+]c1ccc(Oc2ccc(Br)c(C=O)c2)nc1C.[C-]#[N+]c1ccc(Oc2ccc3c(c2)COB3O)nc1C.[H-].[Na+].[Na+].[O-]CC(F)F. The van der Waals surface area contributed by atoms with Gasteiger partial charge in [0, 0.05) is 251 Å². The summed E-state index contributed by atoms with van der Waals surface area (Å²) in [7, 11) is -2.42. The summed E-state index contributed by atoms with van der Waals surface area (Å²) in [6.45, 7) is 68.0. The number of nitrogens with zero attached hydrogens (tertiary/aromatic N) is 12. The fourth-order valence-electron chi connectivity index (χ4n) is 11.6. The molecule has 7 aromatic heterocycles. The normalized spacial score (nSPS) is 17.5. The van der Waals surface area contributed by atoms with Gasteiger partial charge in [0.2, 0.25) is 52.5 Å². The van der Waals surface area contributed by atoms with Gasteiger partial charge in [0.1, 0.15) is 55.0 Å². The van der Waals surface area contributed by atoms with Crippen LogP contribution in [0.3, 0.4) is 0 Å². The van der Waals surface area contributed by atoms with Gasteiger partial charge >= 0.3 is 87.4 Å². The number of phenols is 1. The van der Waals surface area contributed by atoms with Crippen molar-refractivity contribution in [1.29, 1.82) is 0 Å². The number of aromatic hydroxyl groups is 1. The van der Waals surface area contributed by atoms with Crippen molar-refractivity contribution >= 4 is 197 Å². The molecule has 3 fully saturated rings. The van der Waals surface area contributed by atoms with Gasteiger partial charge in [-0.3, -0.25) is 33.9 Å². The predicted octanol–water partition coefficient (Wildman–Crippen LogP) is 31.2. The number of benzene rings is 4. The number of aromatic nitrogens is 7. The quantitative estimate of drug-likeness (QED) is 0.0340. The van der Waals surface area contributed by atoms with Crippen LogP contribution in [0.15, 0.2) is 167 Å². The van der Waals surface area contributed by atoms with Crippen molar-refractivity contribution in [3.63, 3.8) is 0 Å². The Morgan fingerprint density at radius 2 is 0.764 bits per heavy atom. The van der Waals surface area contributed by atoms with Crippen molar-refractivity contribution in [1.82, 2.24) is 34.9 Å². The number of phenolic OH excluding ortho intramolecular Hbond substituents is 1. The minimum atomic E-state index is -2.67. The summed E-state index contributed by atoms with van der Waals surface area (Å²) in [4.78, 5) is 98.5. The number of alkyl halides is 2. The maximum atomic E-state index is 11.6. The molecule has 144 heavy (non-hydrogen) atoms. The van der Waals surface area contributed by atoms with E-state index in [0.29, 0.717) is 163 Å². The third kappa shape index (κ3) is 37.6. The second-order valence-electron chi connectivity index (χ2n) is 33.0. The number of ether oxygens (including phenoxy) is 3. The summed E-state index contributed by atoms with van der Waals surface area (Å²) in [6.07, 6.45) is -0.481. The Kier molecular flexibility index (Phi) is 24.2. The molecule has 6 N–H and O–H groups in total. The average Bonchev–Trinajstić information content (AvgIpc) is 1.59. The number of halogens is 9. The maximum absolute atomic E-state index is 11.6. The largest absolute Gasteiger partial charge is 1.00 e. The van der Waals surface area contributed by atoms with E-state index in [-0.39, 0.29) is 114 Å². The van der Waals surface area contributed by atoms with Crippen LogP contribution in [0.5, 0.6) is 40.6 Å². The van der Waals surface area contributed by atoms with Gasteiger partial charge in [0.05, 0.1) is 89.9 Å². The van der Waals surface area contributed by atoms with Gasteiger partial charge in [0.25, 0.3) is 11.8 Å². The summed E-state index contributed by atoms with van der Waals surface area (Å²) in [5.41, 5.74) is 18.3. The molecule has 3 radical (unpaired) electrons. The van der Waals surface area contributed by atoms with E-state index in [4.69, 9.17) is 346 Å². The Morgan fingerprint density at radius 3 is 1.09 bits per heavy atom. The number of hydrogen-bond acceptors (Lipinski definition) is 25. The minimum absolute atomic E-state index is 0. The van der Waals surface area contributed by atoms with E-state index in [1.165, 1.54) is 30.3 Å². The molecule has 32 nitrogen and oxygen atoms in total. The molecule has 0 aliphatic carbocycles. The first-order valence-electron chi connectivity index (χ1n) is 105. The molecule has 11 aromatic rings. The summed E-state index contributed by atoms with van der Waals surface area (Å²) in [5, 5.41) is 28.8. The minimum Gasteiger partial charge on any atom is -1.00 e. The standard InChI is InChI=1S/C20H21BN2O4.C14H11BN2O3.C14H9BrN2O2.C12H24B2O4.C7H5BrO2.C7H7ClN2O.2C7H5ClN2.C6H4Cl2N2O.C2H3F2O.B.2Na.64H2.H/c1-13-17(22-6)9-10-18(23-13)25-15-7-8-16(14(11-15)12-24)21-26-19(2,3)20(4,5)27-21;1-9-13(16-2)5-6-14(17-9)20-11-3-4-12-10(7-11)8-19-15(12)18;1-9-13(16-2)5-6-14(17-9)19-11-3-4-12(15)10(7-11)8-18;1-9(2)10(3,4)16-13(15-9)14-17-11(5,6)12(7,8)18-14;8-7-2-1-6(10)3-5(7)4-9;1-4-5(7(9)11)2-3-6(8)10-4;2*1-5-6(9-2)3-4-7(8)10-5;7-4-2-1-3(6(9)11)5(8)10-4;3-2(4)1-5;;;;;;;;;;;;;;;;;;;;;;;;;;;;;;;;;;;;;;;;;;;;;;;;;;;;;;;;;;;;;;;;;;;;/h7-12H,1-5H3;3-7,18H,8H2,1H3;3-8H,1H3;1-8H3;1-4,10H;2-3H,1H3,(H2,9,11);2*3-4H,1H3;1-2H,(H2,9,11);2H,1H2;;;;64*1H;/q;;;;;;;;;-1;;2*+1;;;;;;;;;;;;;;;;;;;;;;;;;;;;;;;;;;;;;;;;;;;;;;;;;;;;;;;;;;;;;;;;;-1/i;;;;;;;;;;;;;63*1+1D;1+1;. The van der Waals surface area contributed by atoms with Crippen LogP contribution in [0.25, 0.3) is 24.2 Å². The fraction of sp³-hybridized carbons (Fsp3) is 0.281. The molecule has 11 heterocycles. The zero-order valence-electron chi connectivity index (χ0n) is 209. The first kappa shape index (κ1) is 59.7. The van der Waals surface area contributed by atoms with Crippen molar-refractivity contribution in [3.05, 3.63) is 317 Å². The maximum Gasteiger partial charge on any atom is 1.00 e. The second-order valence-corrected chi connectivity index (χ2v) is 36.6. The molecular formula is C96H223B5Br2Cl5F2N14Na2O18. The van der Waals surface area contributed by atoms with E-state index in [9.17, 15) is 37.8 Å². The Hall–Kier alpha value is -10.2. The molecule has 0 saturated carbocycles. The van der Waals surface area contributed by atoms with Crippen LogP contribution in [-0.4, -0.2) is 159 Å². The summed E-state index contributed by atoms with van der Waals surface area (Å²) in [5.74, 6) is 1.83. The van der Waals surface area contributed by atoms with Gasteiger partial charge in [-0.15, -0.1) is 0 Å². The Morgan fingerprint density at radius 1 is 0.465 bits per heavy atom. The number of primary amides is 2. The number of pyridine rings is 7. The van der Waals surface area contributed by atoms with Crippen LogP contribution in [0.2, 0.25) is 25.8 Å². The van der Waals surface area contributed by atoms with Gasteiger partial charge in [-0.05, 0) is 275 Å². The van der Waals surface area contributed by atoms with E-state index in [1.54, 1.807) is 163 Å². The van der Waals surface area contributed by atoms with Crippen molar-refractivity contribution in [2.75, 3.05) is 6.61 Å². The number of aryl methyl sites for hydroxylation is 6. The average molecular weight is 2460 g/mol. The van der Waals surface area contributed by atoms with Crippen molar-refractivity contribution in [2.45, 2.75) is 171 Å². The molecule has 4 aliphatic rings. The third-order valence-electron chi connectivity index (χ3n) is 21.4. The van der Waals surface area contributed by atoms with E-state index >= 15 is 0 Å². The second kappa shape index (κ2) is 58.3. The Labute approximate surface area is 1120 Å². The smallest absolute Gasteiger partial charge is 1.00 e. The van der Waals surface area contributed by atoms with E-state index in [2.05, 4.69) is 91.0 Å².